The molecule has 0 atom stereocenters. The van der Waals surface area contributed by atoms with Crippen LogP contribution in [0.4, 0.5) is 5.69 Å². The van der Waals surface area contributed by atoms with Crippen molar-refractivity contribution in [1.82, 2.24) is 4.98 Å². The van der Waals surface area contributed by atoms with Crippen LogP contribution in [-0.4, -0.2) is 18.0 Å². The number of nitrogens with zero attached hydrogens (tertiary/aromatic N) is 1. The average Bonchev–Trinajstić information content (AvgIpc) is 2.42. The van der Waals surface area contributed by atoms with Crippen molar-refractivity contribution in [2.75, 3.05) is 12.4 Å². The standard InChI is InChI=1S/C13H10Cl2N2O2/c1-19-11-6-5-8(7-16-11)17-13(18)9-3-2-4-10(14)12(9)15/h2-7H,1H3,(H,17,18). The number of amides is 1. The molecule has 0 unspecified atom stereocenters. The molecule has 0 aliphatic heterocycles. The molecule has 98 valence electrons. The molecule has 0 bridgehead atoms. The minimum Gasteiger partial charge on any atom is -0.481 e. The number of ether oxygens (including phenoxy) is 1. The molecule has 19 heavy (non-hydrogen) atoms. The largest absolute Gasteiger partial charge is 0.481 e. The van der Waals surface area contributed by atoms with Crippen LogP contribution in [-0.2, 0) is 0 Å². The molecule has 0 saturated carbocycles. The number of benzene rings is 1. The van der Waals surface area contributed by atoms with Gasteiger partial charge in [0.2, 0.25) is 5.88 Å². The number of methoxy groups -OCH3 is 1. The van der Waals surface area contributed by atoms with E-state index in [1.807, 2.05) is 0 Å². The summed E-state index contributed by atoms with van der Waals surface area (Å²) in [6.07, 6.45) is 1.50. The van der Waals surface area contributed by atoms with E-state index in [-0.39, 0.29) is 10.9 Å². The SMILES string of the molecule is COc1ccc(NC(=O)c2cccc(Cl)c2Cl)cn1. The number of anilines is 1. The van der Waals surface area contributed by atoms with Crippen molar-refractivity contribution in [2.24, 2.45) is 0 Å². The van der Waals surface area contributed by atoms with Crippen molar-refractivity contribution in [3.05, 3.63) is 52.1 Å². The second-order valence-corrected chi connectivity index (χ2v) is 4.43. The quantitative estimate of drug-likeness (QED) is 0.940. The molecule has 1 aromatic carbocycles. The molecule has 0 saturated heterocycles. The zero-order valence-electron chi connectivity index (χ0n) is 9.98. The van der Waals surface area contributed by atoms with Gasteiger partial charge in [-0.05, 0) is 18.2 Å². The van der Waals surface area contributed by atoms with Crippen molar-refractivity contribution in [3.63, 3.8) is 0 Å². The number of hydrogen-bond acceptors (Lipinski definition) is 3. The topological polar surface area (TPSA) is 51.2 Å². The Bertz CT molecular complexity index is 600. The second-order valence-electron chi connectivity index (χ2n) is 3.64. The van der Waals surface area contributed by atoms with Crippen molar-refractivity contribution >= 4 is 34.8 Å². The number of halogens is 2. The van der Waals surface area contributed by atoms with Crippen molar-refractivity contribution < 1.29 is 9.53 Å². The molecule has 0 aliphatic carbocycles. The molecular formula is C13H10Cl2N2O2. The van der Waals surface area contributed by atoms with Crippen LogP contribution < -0.4 is 10.1 Å². The lowest BCUT2D eigenvalue weighted by molar-refractivity contribution is 0.102. The lowest BCUT2D eigenvalue weighted by Crippen LogP contribution is -2.12. The van der Waals surface area contributed by atoms with E-state index in [0.717, 1.165) is 0 Å². The van der Waals surface area contributed by atoms with Crippen molar-refractivity contribution in [3.8, 4) is 5.88 Å². The van der Waals surface area contributed by atoms with Gasteiger partial charge in [0.05, 0.1) is 34.6 Å². The van der Waals surface area contributed by atoms with E-state index < -0.39 is 0 Å². The molecule has 1 heterocycles. The fourth-order valence-electron chi connectivity index (χ4n) is 1.45. The second kappa shape index (κ2) is 5.91. The smallest absolute Gasteiger partial charge is 0.257 e. The monoisotopic (exact) mass is 296 g/mol. The van der Waals surface area contributed by atoms with Crippen LogP contribution in [0.5, 0.6) is 5.88 Å². The molecule has 6 heteroatoms. The molecular weight excluding hydrogens is 287 g/mol. The predicted octanol–water partition coefficient (Wildman–Crippen LogP) is 3.65. The van der Waals surface area contributed by atoms with Gasteiger partial charge in [-0.2, -0.15) is 0 Å². The van der Waals surface area contributed by atoms with Crippen molar-refractivity contribution in [1.29, 1.82) is 0 Å². The molecule has 1 N–H and O–H groups in total. The van der Waals surface area contributed by atoms with Crippen LogP contribution >= 0.6 is 23.2 Å². The zero-order valence-corrected chi connectivity index (χ0v) is 11.5. The highest BCUT2D eigenvalue weighted by molar-refractivity contribution is 6.44. The maximum Gasteiger partial charge on any atom is 0.257 e. The zero-order chi connectivity index (χ0) is 13.8. The van der Waals surface area contributed by atoms with Gasteiger partial charge in [-0.1, -0.05) is 29.3 Å². The van der Waals surface area contributed by atoms with Crippen LogP contribution in [0.1, 0.15) is 10.4 Å². The summed E-state index contributed by atoms with van der Waals surface area (Å²) in [7, 11) is 1.52. The van der Waals surface area contributed by atoms with Crippen LogP contribution in [0, 0.1) is 0 Å². The highest BCUT2D eigenvalue weighted by atomic mass is 35.5. The molecule has 0 aliphatic rings. The van der Waals surface area contributed by atoms with E-state index in [1.165, 1.54) is 13.3 Å². The summed E-state index contributed by atoms with van der Waals surface area (Å²) in [5.41, 5.74) is 0.854. The highest BCUT2D eigenvalue weighted by Crippen LogP contribution is 2.26. The third-order valence-corrected chi connectivity index (χ3v) is 3.22. The Kier molecular flexibility index (Phi) is 4.24. The summed E-state index contributed by atoms with van der Waals surface area (Å²) in [5, 5.41) is 3.24. The van der Waals surface area contributed by atoms with E-state index in [2.05, 4.69) is 10.3 Å². The minimum absolute atomic E-state index is 0.225. The van der Waals surface area contributed by atoms with E-state index in [0.29, 0.717) is 22.2 Å². The van der Waals surface area contributed by atoms with Gasteiger partial charge in [0, 0.05) is 6.07 Å². The predicted molar refractivity (Wildman–Crippen MR) is 75.2 cm³/mol. The minimum atomic E-state index is -0.348. The molecule has 2 aromatic rings. The maximum absolute atomic E-state index is 12.0. The van der Waals surface area contributed by atoms with Gasteiger partial charge in [-0.25, -0.2) is 4.98 Å². The number of carbonyl (C=O) groups excluding carboxylic acids is 1. The number of nitrogens with one attached hydrogen (secondary N) is 1. The molecule has 0 spiro atoms. The Morgan fingerprint density at radius 3 is 2.68 bits per heavy atom. The van der Waals surface area contributed by atoms with Crippen LogP contribution in [0.2, 0.25) is 10.0 Å². The summed E-state index contributed by atoms with van der Waals surface area (Å²) in [5.74, 6) is 0.123. The molecule has 1 amide bonds. The summed E-state index contributed by atoms with van der Waals surface area (Å²) >= 11 is 11.8. The van der Waals surface area contributed by atoms with E-state index >= 15 is 0 Å². The van der Waals surface area contributed by atoms with Gasteiger partial charge in [0.15, 0.2) is 0 Å². The number of hydrogen-bond donors (Lipinski definition) is 1. The maximum atomic E-state index is 12.0. The van der Waals surface area contributed by atoms with Gasteiger partial charge in [0.1, 0.15) is 0 Å². The average molecular weight is 297 g/mol. The van der Waals surface area contributed by atoms with Crippen LogP contribution in [0.25, 0.3) is 0 Å². The fraction of sp³-hybridized carbons (Fsp3) is 0.0769. The van der Waals surface area contributed by atoms with Gasteiger partial charge < -0.3 is 10.1 Å². The van der Waals surface area contributed by atoms with Crippen LogP contribution in [0.15, 0.2) is 36.5 Å². The lowest BCUT2D eigenvalue weighted by Gasteiger charge is -2.07. The van der Waals surface area contributed by atoms with Crippen LogP contribution in [0.3, 0.4) is 0 Å². The first-order chi connectivity index (χ1) is 9.11. The normalized spacial score (nSPS) is 10.1. The summed E-state index contributed by atoms with van der Waals surface area (Å²) < 4.78 is 4.93. The van der Waals surface area contributed by atoms with E-state index in [1.54, 1.807) is 30.3 Å². The van der Waals surface area contributed by atoms with Gasteiger partial charge >= 0.3 is 0 Å². The molecule has 4 nitrogen and oxygen atoms in total. The van der Waals surface area contributed by atoms with Crippen molar-refractivity contribution in [2.45, 2.75) is 0 Å². The fourth-order valence-corrected chi connectivity index (χ4v) is 1.84. The Hall–Kier alpha value is -1.78. The highest BCUT2D eigenvalue weighted by Gasteiger charge is 2.12. The Labute approximate surface area is 120 Å². The molecule has 0 radical (unpaired) electrons. The molecule has 1 aromatic heterocycles. The van der Waals surface area contributed by atoms with Gasteiger partial charge in [-0.15, -0.1) is 0 Å². The summed E-state index contributed by atoms with van der Waals surface area (Å²) in [4.78, 5) is 16.0. The lowest BCUT2D eigenvalue weighted by atomic mass is 10.2. The number of rotatable bonds is 3. The molecule has 0 fully saturated rings. The first-order valence-corrected chi connectivity index (χ1v) is 6.13. The number of pyridine rings is 1. The third kappa shape index (κ3) is 3.16. The Balaban J connectivity index is 2.18. The first kappa shape index (κ1) is 13.6. The number of carbonyl (C=O) groups is 1. The molecule has 2 rings (SSSR count). The summed E-state index contributed by atoms with van der Waals surface area (Å²) in [6.45, 7) is 0. The van der Waals surface area contributed by atoms with Gasteiger partial charge in [-0.3, -0.25) is 4.79 Å². The van der Waals surface area contributed by atoms with E-state index in [9.17, 15) is 4.79 Å². The number of aromatic nitrogens is 1. The summed E-state index contributed by atoms with van der Waals surface area (Å²) in [6, 6.07) is 8.21. The van der Waals surface area contributed by atoms with Gasteiger partial charge in [0.25, 0.3) is 5.91 Å². The first-order valence-electron chi connectivity index (χ1n) is 5.37. The Morgan fingerprint density at radius 1 is 1.26 bits per heavy atom. The van der Waals surface area contributed by atoms with E-state index in [4.69, 9.17) is 27.9 Å². The third-order valence-electron chi connectivity index (χ3n) is 2.40. The Morgan fingerprint density at radius 2 is 2.05 bits per heavy atom.